The van der Waals surface area contributed by atoms with E-state index in [9.17, 15) is 4.79 Å². The minimum Gasteiger partial charge on any atom is -0.463 e. The van der Waals surface area contributed by atoms with Crippen LogP contribution in [0.5, 0.6) is 0 Å². The second kappa shape index (κ2) is 7.11. The van der Waals surface area contributed by atoms with Crippen molar-refractivity contribution in [3.05, 3.63) is 42.3 Å². The number of nitrogens with zero attached hydrogens (tertiary/aromatic N) is 1. The standard InChI is InChI=1S/C17H21N3O2/c21-17(20-14-7-2-1-3-8-14)19-12-13-6-4-10-18-16(13)15-9-5-11-22-15/h4-6,9-11,14H,1-3,7-8,12H2,(H2,19,20,21). The van der Waals surface area contributed by atoms with Crippen LogP contribution >= 0.6 is 0 Å². The second-order valence-electron chi connectivity index (χ2n) is 5.65. The Labute approximate surface area is 130 Å². The van der Waals surface area contributed by atoms with Gasteiger partial charge in [-0.1, -0.05) is 25.3 Å². The summed E-state index contributed by atoms with van der Waals surface area (Å²) in [7, 11) is 0. The van der Waals surface area contributed by atoms with Gasteiger partial charge >= 0.3 is 6.03 Å². The van der Waals surface area contributed by atoms with Gasteiger partial charge in [0.15, 0.2) is 5.76 Å². The average molecular weight is 299 g/mol. The minimum absolute atomic E-state index is 0.110. The normalized spacial score (nSPS) is 15.5. The van der Waals surface area contributed by atoms with E-state index >= 15 is 0 Å². The van der Waals surface area contributed by atoms with Crippen LogP contribution in [-0.4, -0.2) is 17.1 Å². The van der Waals surface area contributed by atoms with Crippen LogP contribution in [0.15, 0.2) is 41.1 Å². The van der Waals surface area contributed by atoms with Crippen molar-refractivity contribution in [2.75, 3.05) is 0 Å². The first-order valence-corrected chi connectivity index (χ1v) is 7.85. The van der Waals surface area contributed by atoms with E-state index in [1.165, 1.54) is 19.3 Å². The predicted molar refractivity (Wildman–Crippen MR) is 84.2 cm³/mol. The predicted octanol–water partition coefficient (Wildman–Crippen LogP) is 3.47. The molecule has 1 saturated carbocycles. The van der Waals surface area contributed by atoms with Gasteiger partial charge in [-0.15, -0.1) is 0 Å². The molecule has 2 aromatic rings. The number of amides is 2. The Morgan fingerprint density at radius 1 is 1.23 bits per heavy atom. The second-order valence-corrected chi connectivity index (χ2v) is 5.65. The molecule has 1 aliphatic rings. The fourth-order valence-corrected chi connectivity index (χ4v) is 2.88. The number of furan rings is 1. The third-order valence-corrected chi connectivity index (χ3v) is 4.03. The lowest BCUT2D eigenvalue weighted by Gasteiger charge is -2.22. The summed E-state index contributed by atoms with van der Waals surface area (Å²) in [6.07, 6.45) is 9.20. The van der Waals surface area contributed by atoms with E-state index in [1.54, 1.807) is 12.5 Å². The quantitative estimate of drug-likeness (QED) is 0.908. The number of aromatic nitrogens is 1. The maximum Gasteiger partial charge on any atom is 0.315 e. The van der Waals surface area contributed by atoms with E-state index in [4.69, 9.17) is 4.42 Å². The van der Waals surface area contributed by atoms with Crippen molar-refractivity contribution in [1.82, 2.24) is 15.6 Å². The largest absolute Gasteiger partial charge is 0.463 e. The van der Waals surface area contributed by atoms with Crippen LogP contribution in [0, 0.1) is 0 Å². The van der Waals surface area contributed by atoms with Gasteiger partial charge in [0, 0.05) is 24.3 Å². The highest BCUT2D eigenvalue weighted by molar-refractivity contribution is 5.74. The Morgan fingerprint density at radius 2 is 2.09 bits per heavy atom. The van der Waals surface area contributed by atoms with Gasteiger partial charge in [0.1, 0.15) is 5.69 Å². The molecule has 1 aliphatic carbocycles. The molecule has 2 aromatic heterocycles. The van der Waals surface area contributed by atoms with Crippen LogP contribution in [-0.2, 0) is 6.54 Å². The van der Waals surface area contributed by atoms with Crippen molar-refractivity contribution in [2.45, 2.75) is 44.7 Å². The van der Waals surface area contributed by atoms with Crippen molar-refractivity contribution in [2.24, 2.45) is 0 Å². The van der Waals surface area contributed by atoms with Crippen molar-refractivity contribution in [3.63, 3.8) is 0 Å². The smallest absolute Gasteiger partial charge is 0.315 e. The molecule has 0 atom stereocenters. The monoisotopic (exact) mass is 299 g/mol. The Balaban J connectivity index is 1.58. The maximum absolute atomic E-state index is 12.0. The molecule has 22 heavy (non-hydrogen) atoms. The van der Waals surface area contributed by atoms with Gasteiger partial charge < -0.3 is 15.1 Å². The molecule has 5 heteroatoms. The molecule has 2 amide bonds. The van der Waals surface area contributed by atoms with E-state index in [2.05, 4.69) is 15.6 Å². The molecule has 2 N–H and O–H groups in total. The van der Waals surface area contributed by atoms with Crippen LogP contribution in [0.3, 0.4) is 0 Å². The lowest BCUT2D eigenvalue weighted by Crippen LogP contribution is -2.42. The van der Waals surface area contributed by atoms with Gasteiger partial charge in [0.2, 0.25) is 0 Å². The number of rotatable bonds is 4. The van der Waals surface area contributed by atoms with Crippen molar-refractivity contribution in [3.8, 4) is 11.5 Å². The zero-order valence-electron chi connectivity index (χ0n) is 12.5. The van der Waals surface area contributed by atoms with Gasteiger partial charge in [-0.25, -0.2) is 4.79 Å². The van der Waals surface area contributed by atoms with Crippen LogP contribution in [0.2, 0.25) is 0 Å². The fourth-order valence-electron chi connectivity index (χ4n) is 2.88. The first-order chi connectivity index (χ1) is 10.8. The summed E-state index contributed by atoms with van der Waals surface area (Å²) in [6, 6.07) is 7.72. The molecule has 1 fully saturated rings. The molecule has 116 valence electrons. The lowest BCUT2D eigenvalue weighted by molar-refractivity contribution is 0.232. The number of urea groups is 1. The Bertz CT molecular complexity index is 604. The third-order valence-electron chi connectivity index (χ3n) is 4.03. The zero-order valence-corrected chi connectivity index (χ0v) is 12.5. The zero-order chi connectivity index (χ0) is 15.2. The molecule has 2 heterocycles. The molecular formula is C17H21N3O2. The molecule has 5 nitrogen and oxygen atoms in total. The van der Waals surface area contributed by atoms with Crippen LogP contribution in [0.25, 0.3) is 11.5 Å². The minimum atomic E-state index is -0.110. The molecular weight excluding hydrogens is 278 g/mol. The summed E-state index contributed by atoms with van der Waals surface area (Å²) in [4.78, 5) is 16.4. The summed E-state index contributed by atoms with van der Waals surface area (Å²) in [5.74, 6) is 0.713. The summed E-state index contributed by atoms with van der Waals surface area (Å²) in [5, 5.41) is 5.97. The van der Waals surface area contributed by atoms with E-state index < -0.39 is 0 Å². The first kappa shape index (κ1) is 14.6. The molecule has 0 saturated heterocycles. The first-order valence-electron chi connectivity index (χ1n) is 7.85. The summed E-state index contributed by atoms with van der Waals surface area (Å²) >= 11 is 0. The van der Waals surface area contributed by atoms with Crippen molar-refractivity contribution >= 4 is 6.03 Å². The lowest BCUT2D eigenvalue weighted by atomic mass is 9.96. The maximum atomic E-state index is 12.0. The fraction of sp³-hybridized carbons (Fsp3) is 0.412. The topological polar surface area (TPSA) is 67.2 Å². The molecule has 3 rings (SSSR count). The summed E-state index contributed by atoms with van der Waals surface area (Å²) < 4.78 is 5.40. The van der Waals surface area contributed by atoms with Gasteiger partial charge in [-0.05, 0) is 31.0 Å². The molecule has 0 unspecified atom stereocenters. The summed E-state index contributed by atoms with van der Waals surface area (Å²) in [5.41, 5.74) is 1.71. The number of nitrogens with one attached hydrogen (secondary N) is 2. The van der Waals surface area contributed by atoms with Gasteiger partial charge in [0.25, 0.3) is 0 Å². The van der Waals surface area contributed by atoms with E-state index in [0.29, 0.717) is 18.3 Å². The number of pyridine rings is 1. The van der Waals surface area contributed by atoms with E-state index in [0.717, 1.165) is 24.1 Å². The number of carbonyl (C=O) groups is 1. The van der Waals surface area contributed by atoms with E-state index in [1.807, 2.05) is 24.3 Å². The highest BCUT2D eigenvalue weighted by atomic mass is 16.3. The van der Waals surface area contributed by atoms with Gasteiger partial charge in [-0.3, -0.25) is 4.98 Å². The molecule has 0 bridgehead atoms. The van der Waals surface area contributed by atoms with Crippen LogP contribution in [0.1, 0.15) is 37.7 Å². The molecule has 0 aliphatic heterocycles. The number of hydrogen-bond donors (Lipinski definition) is 2. The highest BCUT2D eigenvalue weighted by Gasteiger charge is 2.16. The molecule has 0 aromatic carbocycles. The summed E-state index contributed by atoms with van der Waals surface area (Å²) in [6.45, 7) is 0.433. The Kier molecular flexibility index (Phi) is 4.73. The Morgan fingerprint density at radius 3 is 2.86 bits per heavy atom. The average Bonchev–Trinajstić information content (AvgIpc) is 3.08. The third kappa shape index (κ3) is 3.67. The SMILES string of the molecule is O=C(NCc1cccnc1-c1ccco1)NC1CCCCC1. The highest BCUT2D eigenvalue weighted by Crippen LogP contribution is 2.21. The van der Waals surface area contributed by atoms with Crippen LogP contribution < -0.4 is 10.6 Å². The molecule has 0 spiro atoms. The van der Waals surface area contributed by atoms with Crippen molar-refractivity contribution < 1.29 is 9.21 Å². The van der Waals surface area contributed by atoms with Crippen molar-refractivity contribution in [1.29, 1.82) is 0 Å². The molecule has 0 radical (unpaired) electrons. The number of hydrogen-bond acceptors (Lipinski definition) is 3. The Hall–Kier alpha value is -2.30. The van der Waals surface area contributed by atoms with Crippen LogP contribution in [0.4, 0.5) is 4.79 Å². The van der Waals surface area contributed by atoms with Gasteiger partial charge in [0.05, 0.1) is 6.26 Å². The van der Waals surface area contributed by atoms with Gasteiger partial charge in [-0.2, -0.15) is 0 Å². The number of carbonyl (C=O) groups excluding carboxylic acids is 1. The van der Waals surface area contributed by atoms with E-state index in [-0.39, 0.29) is 6.03 Å².